The molecule has 1 aromatic rings. The van der Waals surface area contributed by atoms with Gasteiger partial charge in [-0.15, -0.1) is 24.0 Å². The van der Waals surface area contributed by atoms with Gasteiger partial charge in [-0.05, 0) is 23.6 Å². The maximum absolute atomic E-state index is 5.70. The van der Waals surface area contributed by atoms with E-state index in [0.29, 0.717) is 12.5 Å². The molecule has 0 saturated heterocycles. The lowest BCUT2D eigenvalue weighted by molar-refractivity contribution is 0.320. The van der Waals surface area contributed by atoms with Crippen molar-refractivity contribution in [2.24, 2.45) is 4.99 Å². The molecule has 0 aromatic heterocycles. The Balaban J connectivity index is 0.00000200. The molecule has 1 heterocycles. The Morgan fingerprint density at radius 1 is 1.30 bits per heavy atom. The van der Waals surface area contributed by atoms with Gasteiger partial charge < -0.3 is 15.0 Å². The van der Waals surface area contributed by atoms with Gasteiger partial charge in [0.15, 0.2) is 5.96 Å². The Bertz CT molecular complexity index is 431. The number of hydrogen-bond donors (Lipinski definition) is 1. The van der Waals surface area contributed by atoms with Crippen LogP contribution in [0.2, 0.25) is 0 Å². The third-order valence-corrected chi connectivity index (χ3v) is 3.26. The molecule has 0 aliphatic carbocycles. The number of guanidine groups is 1. The van der Waals surface area contributed by atoms with E-state index < -0.39 is 0 Å². The van der Waals surface area contributed by atoms with Crippen LogP contribution >= 0.6 is 24.0 Å². The molecule has 5 heteroatoms. The molecule has 0 unspecified atom stereocenters. The van der Waals surface area contributed by atoms with Crippen LogP contribution in [0, 0.1) is 0 Å². The quantitative estimate of drug-likeness (QED) is 0.622. The highest BCUT2D eigenvalue weighted by atomic mass is 127. The smallest absolute Gasteiger partial charge is 0.193 e. The molecule has 0 saturated carbocycles. The van der Waals surface area contributed by atoms with Crippen molar-refractivity contribution in [3.05, 3.63) is 29.8 Å². The van der Waals surface area contributed by atoms with E-state index in [1.165, 1.54) is 5.56 Å². The van der Waals surface area contributed by atoms with Gasteiger partial charge in [-0.25, -0.2) is 0 Å². The van der Waals surface area contributed by atoms with Gasteiger partial charge in [-0.3, -0.25) is 4.99 Å². The van der Waals surface area contributed by atoms with E-state index in [2.05, 4.69) is 41.2 Å². The second-order valence-electron chi connectivity index (χ2n) is 5.13. The Morgan fingerprint density at radius 3 is 2.55 bits per heavy atom. The number of nitrogens with zero attached hydrogens (tertiary/aromatic N) is 2. The van der Waals surface area contributed by atoms with Crippen LogP contribution in [0.25, 0.3) is 0 Å². The van der Waals surface area contributed by atoms with Crippen LogP contribution in [-0.2, 0) is 0 Å². The number of ether oxygens (including phenoxy) is 1. The van der Waals surface area contributed by atoms with Gasteiger partial charge in [0, 0.05) is 13.6 Å². The van der Waals surface area contributed by atoms with Crippen LogP contribution in [0.15, 0.2) is 29.3 Å². The highest BCUT2D eigenvalue weighted by Gasteiger charge is 2.10. The van der Waals surface area contributed by atoms with Crippen molar-refractivity contribution in [1.82, 2.24) is 10.2 Å². The molecule has 0 atom stereocenters. The molecule has 1 aliphatic heterocycles. The first kappa shape index (κ1) is 17.1. The summed E-state index contributed by atoms with van der Waals surface area (Å²) in [6.45, 7) is 7.69. The van der Waals surface area contributed by atoms with Gasteiger partial charge in [0.1, 0.15) is 12.4 Å². The van der Waals surface area contributed by atoms with Crippen LogP contribution in [0.1, 0.15) is 25.3 Å². The number of likely N-dealkylation sites (N-methyl/N-ethyl adjacent to an activating group) is 1. The molecule has 112 valence electrons. The lowest BCUT2D eigenvalue weighted by Crippen LogP contribution is -2.37. The minimum absolute atomic E-state index is 0. The number of nitrogens with one attached hydrogen (secondary N) is 1. The predicted octanol–water partition coefficient (Wildman–Crippen LogP) is 2.70. The SMILES string of the molecule is CC(C)c1ccc(OCCNC2=NCCN2C)cc1.I. The first-order chi connectivity index (χ1) is 9.16. The Kier molecular flexibility index (Phi) is 7.12. The van der Waals surface area contributed by atoms with E-state index >= 15 is 0 Å². The minimum atomic E-state index is 0. The van der Waals surface area contributed by atoms with Crippen molar-refractivity contribution in [2.75, 3.05) is 33.3 Å². The molecule has 2 rings (SSSR count). The summed E-state index contributed by atoms with van der Waals surface area (Å²) in [5.41, 5.74) is 1.34. The summed E-state index contributed by atoms with van der Waals surface area (Å²) in [4.78, 5) is 6.49. The zero-order valence-electron chi connectivity index (χ0n) is 12.4. The number of aliphatic imine (C=N–C) groups is 1. The fourth-order valence-electron chi connectivity index (χ4n) is 2.00. The first-order valence-corrected chi connectivity index (χ1v) is 6.89. The molecule has 0 radical (unpaired) electrons. The molecule has 20 heavy (non-hydrogen) atoms. The lowest BCUT2D eigenvalue weighted by Gasteiger charge is -2.15. The molecule has 0 fully saturated rings. The zero-order chi connectivity index (χ0) is 13.7. The molecular formula is C15H24IN3O. The number of benzene rings is 1. The fourth-order valence-corrected chi connectivity index (χ4v) is 2.00. The lowest BCUT2D eigenvalue weighted by atomic mass is 10.0. The summed E-state index contributed by atoms with van der Waals surface area (Å²) in [6, 6.07) is 8.33. The van der Waals surface area contributed by atoms with Gasteiger partial charge in [0.2, 0.25) is 0 Å². The van der Waals surface area contributed by atoms with Gasteiger partial charge in [0.05, 0.1) is 13.1 Å². The predicted molar refractivity (Wildman–Crippen MR) is 94.4 cm³/mol. The Hall–Kier alpha value is -0.980. The van der Waals surface area contributed by atoms with Crippen LogP contribution < -0.4 is 10.1 Å². The van der Waals surface area contributed by atoms with Crippen LogP contribution in [0.3, 0.4) is 0 Å². The van der Waals surface area contributed by atoms with Gasteiger partial charge >= 0.3 is 0 Å². The zero-order valence-corrected chi connectivity index (χ0v) is 14.8. The van der Waals surface area contributed by atoms with Gasteiger partial charge in [-0.2, -0.15) is 0 Å². The Labute approximate surface area is 138 Å². The molecular weight excluding hydrogens is 365 g/mol. The highest BCUT2D eigenvalue weighted by molar-refractivity contribution is 14.0. The molecule has 4 nitrogen and oxygen atoms in total. The fraction of sp³-hybridized carbons (Fsp3) is 0.533. The van der Waals surface area contributed by atoms with Crippen molar-refractivity contribution in [3.8, 4) is 5.75 Å². The summed E-state index contributed by atoms with van der Waals surface area (Å²) in [5, 5.41) is 3.28. The summed E-state index contributed by atoms with van der Waals surface area (Å²) in [5.74, 6) is 2.46. The number of halogens is 1. The van der Waals surface area contributed by atoms with Gasteiger partial charge in [0.25, 0.3) is 0 Å². The number of hydrogen-bond acceptors (Lipinski definition) is 4. The summed E-state index contributed by atoms with van der Waals surface area (Å²) in [7, 11) is 2.05. The Morgan fingerprint density at radius 2 is 2.00 bits per heavy atom. The second-order valence-corrected chi connectivity index (χ2v) is 5.13. The third kappa shape index (κ3) is 4.85. The van der Waals surface area contributed by atoms with Gasteiger partial charge in [-0.1, -0.05) is 26.0 Å². The standard InChI is InChI=1S/C15H23N3O.HI/c1-12(2)13-4-6-14(7-5-13)19-11-9-17-15-16-8-10-18(15)3;/h4-7,12H,8-11H2,1-3H3,(H,16,17);1H. The molecule has 1 aromatic carbocycles. The average molecular weight is 389 g/mol. The van der Waals surface area contributed by atoms with Crippen molar-refractivity contribution < 1.29 is 4.74 Å². The topological polar surface area (TPSA) is 36.9 Å². The van der Waals surface area contributed by atoms with Crippen LogP contribution in [-0.4, -0.2) is 44.1 Å². The van der Waals surface area contributed by atoms with E-state index in [1.54, 1.807) is 0 Å². The van der Waals surface area contributed by atoms with Crippen molar-refractivity contribution in [1.29, 1.82) is 0 Å². The minimum Gasteiger partial charge on any atom is -0.492 e. The van der Waals surface area contributed by atoms with Crippen LogP contribution in [0.4, 0.5) is 0 Å². The van der Waals surface area contributed by atoms with E-state index in [0.717, 1.165) is 31.3 Å². The highest BCUT2D eigenvalue weighted by Crippen LogP contribution is 2.18. The molecule has 0 amide bonds. The maximum atomic E-state index is 5.70. The molecule has 0 spiro atoms. The summed E-state index contributed by atoms with van der Waals surface area (Å²) in [6.07, 6.45) is 0. The molecule has 0 bridgehead atoms. The molecule has 1 N–H and O–H groups in total. The average Bonchev–Trinajstić information content (AvgIpc) is 2.81. The first-order valence-electron chi connectivity index (χ1n) is 6.89. The van der Waals surface area contributed by atoms with Crippen LogP contribution in [0.5, 0.6) is 5.75 Å². The normalized spacial score (nSPS) is 14.0. The van der Waals surface area contributed by atoms with E-state index in [9.17, 15) is 0 Å². The van der Waals surface area contributed by atoms with Crippen molar-refractivity contribution in [2.45, 2.75) is 19.8 Å². The third-order valence-electron chi connectivity index (χ3n) is 3.26. The van der Waals surface area contributed by atoms with E-state index in [1.807, 2.05) is 19.2 Å². The molecule has 1 aliphatic rings. The van der Waals surface area contributed by atoms with Crippen molar-refractivity contribution in [3.63, 3.8) is 0 Å². The summed E-state index contributed by atoms with van der Waals surface area (Å²) < 4.78 is 5.70. The van der Waals surface area contributed by atoms with E-state index in [-0.39, 0.29) is 24.0 Å². The monoisotopic (exact) mass is 389 g/mol. The second kappa shape index (κ2) is 8.34. The van der Waals surface area contributed by atoms with Crippen molar-refractivity contribution >= 4 is 29.9 Å². The van der Waals surface area contributed by atoms with E-state index in [4.69, 9.17) is 4.74 Å². The largest absolute Gasteiger partial charge is 0.492 e. The maximum Gasteiger partial charge on any atom is 0.193 e. The summed E-state index contributed by atoms with van der Waals surface area (Å²) >= 11 is 0. The number of rotatable bonds is 5.